The largest absolute Gasteiger partial charge is 0.452 e. The molecular weight excluding hydrogens is 364 g/mol. The smallest absolute Gasteiger partial charge is 0.339 e. The van der Waals surface area contributed by atoms with E-state index in [4.69, 9.17) is 16.3 Å². The van der Waals surface area contributed by atoms with E-state index in [1.165, 1.54) is 0 Å². The monoisotopic (exact) mass is 380 g/mol. The molecule has 1 aromatic heterocycles. The molecule has 0 saturated heterocycles. The van der Waals surface area contributed by atoms with Gasteiger partial charge in [0, 0.05) is 22.0 Å². The Balaban J connectivity index is 1.67. The molecule has 1 aliphatic carbocycles. The molecule has 136 valence electrons. The molecule has 6 heteroatoms. The zero-order valence-corrected chi connectivity index (χ0v) is 15.2. The number of pyridine rings is 1. The maximum absolute atomic E-state index is 12.7. The van der Waals surface area contributed by atoms with Gasteiger partial charge in [0.15, 0.2) is 6.61 Å². The van der Waals surface area contributed by atoms with Crippen LogP contribution in [0.2, 0.25) is 5.02 Å². The highest BCUT2D eigenvalue weighted by Crippen LogP contribution is 2.30. The number of esters is 1. The number of rotatable bonds is 5. The second-order valence-electron chi connectivity index (χ2n) is 6.47. The predicted octanol–water partition coefficient (Wildman–Crippen LogP) is 3.99. The van der Waals surface area contributed by atoms with Crippen molar-refractivity contribution in [2.24, 2.45) is 0 Å². The summed E-state index contributed by atoms with van der Waals surface area (Å²) in [5.74, 6) is -0.844. The fraction of sp³-hybridized carbons (Fsp3) is 0.190. The number of fused-ring (bicyclic) bond motifs is 1. The van der Waals surface area contributed by atoms with E-state index in [1.54, 1.807) is 18.2 Å². The molecule has 2 aromatic carbocycles. The van der Waals surface area contributed by atoms with Crippen molar-refractivity contribution >= 4 is 34.4 Å². The molecule has 1 fully saturated rings. The van der Waals surface area contributed by atoms with Gasteiger partial charge in [-0.1, -0.05) is 48.0 Å². The van der Waals surface area contributed by atoms with Crippen LogP contribution in [-0.4, -0.2) is 29.5 Å². The van der Waals surface area contributed by atoms with Crippen molar-refractivity contribution in [1.82, 2.24) is 10.3 Å². The van der Waals surface area contributed by atoms with Crippen LogP contribution in [0.3, 0.4) is 0 Å². The minimum atomic E-state index is -0.562. The van der Waals surface area contributed by atoms with Gasteiger partial charge in [-0.15, -0.1) is 0 Å². The van der Waals surface area contributed by atoms with Crippen LogP contribution in [0.15, 0.2) is 54.6 Å². The molecule has 1 heterocycles. The van der Waals surface area contributed by atoms with Gasteiger partial charge < -0.3 is 10.1 Å². The first kappa shape index (κ1) is 17.5. The van der Waals surface area contributed by atoms with E-state index in [2.05, 4.69) is 10.3 Å². The Kier molecular flexibility index (Phi) is 4.77. The minimum absolute atomic E-state index is 0.227. The Morgan fingerprint density at radius 2 is 1.85 bits per heavy atom. The molecule has 3 aromatic rings. The predicted molar refractivity (Wildman–Crippen MR) is 104 cm³/mol. The van der Waals surface area contributed by atoms with Gasteiger partial charge in [0.1, 0.15) is 0 Å². The summed E-state index contributed by atoms with van der Waals surface area (Å²) in [5, 5.41) is 4.01. The Hall–Kier alpha value is -2.92. The fourth-order valence-electron chi connectivity index (χ4n) is 2.86. The number of halogens is 1. The van der Waals surface area contributed by atoms with E-state index in [9.17, 15) is 9.59 Å². The first-order valence-corrected chi connectivity index (χ1v) is 9.11. The SMILES string of the molecule is O=C(COC(=O)c1cc(-c2ccccc2Cl)nc2ccccc12)NC1CC1. The van der Waals surface area contributed by atoms with E-state index in [1.807, 2.05) is 36.4 Å². The van der Waals surface area contributed by atoms with E-state index in [0.29, 0.717) is 27.2 Å². The molecule has 0 aliphatic heterocycles. The summed E-state index contributed by atoms with van der Waals surface area (Å²) < 4.78 is 5.24. The highest BCUT2D eigenvalue weighted by molar-refractivity contribution is 6.33. The Labute approximate surface area is 161 Å². The lowest BCUT2D eigenvalue weighted by Crippen LogP contribution is -2.30. The number of carbonyl (C=O) groups is 2. The lowest BCUT2D eigenvalue weighted by atomic mass is 10.0. The number of aromatic nitrogens is 1. The van der Waals surface area contributed by atoms with E-state index in [-0.39, 0.29) is 18.6 Å². The van der Waals surface area contributed by atoms with Crippen LogP contribution < -0.4 is 5.32 Å². The number of para-hydroxylation sites is 1. The van der Waals surface area contributed by atoms with Crippen molar-refractivity contribution in [2.75, 3.05) is 6.61 Å². The standard InChI is InChI=1S/C21H17ClN2O3/c22-17-7-3-1-6-15(17)19-11-16(14-5-2-4-8-18(14)24-19)21(26)27-12-20(25)23-13-9-10-13/h1-8,11,13H,9-10,12H2,(H,23,25). The number of ether oxygens (including phenoxy) is 1. The van der Waals surface area contributed by atoms with Gasteiger partial charge >= 0.3 is 5.97 Å². The number of benzene rings is 2. The zero-order chi connectivity index (χ0) is 18.8. The summed E-state index contributed by atoms with van der Waals surface area (Å²) in [7, 11) is 0. The van der Waals surface area contributed by atoms with Gasteiger partial charge in [0.25, 0.3) is 5.91 Å². The summed E-state index contributed by atoms with van der Waals surface area (Å²) in [6.07, 6.45) is 1.96. The normalized spacial score (nSPS) is 13.4. The van der Waals surface area contributed by atoms with Gasteiger partial charge in [0.2, 0.25) is 0 Å². The maximum atomic E-state index is 12.7. The van der Waals surface area contributed by atoms with E-state index >= 15 is 0 Å². The molecule has 5 nitrogen and oxygen atoms in total. The zero-order valence-electron chi connectivity index (χ0n) is 14.4. The van der Waals surface area contributed by atoms with Crippen molar-refractivity contribution in [1.29, 1.82) is 0 Å². The highest BCUT2D eigenvalue weighted by atomic mass is 35.5. The number of nitrogens with zero attached hydrogens (tertiary/aromatic N) is 1. The number of amides is 1. The average Bonchev–Trinajstić information content (AvgIpc) is 3.49. The summed E-state index contributed by atoms with van der Waals surface area (Å²) in [6, 6.07) is 16.5. The van der Waals surface area contributed by atoms with Crippen LogP contribution in [0, 0.1) is 0 Å². The number of nitrogens with one attached hydrogen (secondary N) is 1. The summed E-state index contributed by atoms with van der Waals surface area (Å²) in [5.41, 5.74) is 2.32. The van der Waals surface area contributed by atoms with Gasteiger partial charge in [-0.05, 0) is 31.0 Å². The lowest BCUT2D eigenvalue weighted by Gasteiger charge is -2.11. The summed E-state index contributed by atoms with van der Waals surface area (Å²) >= 11 is 6.29. The number of carbonyl (C=O) groups excluding carboxylic acids is 2. The quantitative estimate of drug-likeness (QED) is 0.679. The third kappa shape index (κ3) is 3.93. The Morgan fingerprint density at radius 3 is 2.63 bits per heavy atom. The topological polar surface area (TPSA) is 68.3 Å². The molecule has 0 bridgehead atoms. The van der Waals surface area contributed by atoms with Crippen LogP contribution in [0.5, 0.6) is 0 Å². The fourth-order valence-corrected chi connectivity index (χ4v) is 3.09. The van der Waals surface area contributed by atoms with Crippen molar-refractivity contribution in [2.45, 2.75) is 18.9 Å². The first-order chi connectivity index (χ1) is 13.1. The second kappa shape index (κ2) is 7.37. The van der Waals surface area contributed by atoms with Crippen molar-refractivity contribution in [3.05, 3.63) is 65.2 Å². The summed E-state index contributed by atoms with van der Waals surface area (Å²) in [4.78, 5) is 29.1. The molecule has 1 amide bonds. The third-order valence-corrected chi connectivity index (χ3v) is 4.69. The molecule has 0 spiro atoms. The maximum Gasteiger partial charge on any atom is 0.339 e. The van der Waals surface area contributed by atoms with Gasteiger partial charge in [-0.25, -0.2) is 9.78 Å². The molecule has 1 aliphatic rings. The van der Waals surface area contributed by atoms with Crippen LogP contribution >= 0.6 is 11.6 Å². The van der Waals surface area contributed by atoms with Crippen LogP contribution in [0.1, 0.15) is 23.2 Å². The first-order valence-electron chi connectivity index (χ1n) is 8.73. The molecule has 4 rings (SSSR count). The summed E-state index contributed by atoms with van der Waals surface area (Å²) in [6.45, 7) is -0.298. The molecule has 1 N–H and O–H groups in total. The molecule has 1 saturated carbocycles. The Morgan fingerprint density at radius 1 is 1.11 bits per heavy atom. The lowest BCUT2D eigenvalue weighted by molar-refractivity contribution is -0.124. The van der Waals surface area contributed by atoms with Crippen LogP contribution in [-0.2, 0) is 9.53 Å². The van der Waals surface area contributed by atoms with Crippen LogP contribution in [0.4, 0.5) is 0 Å². The van der Waals surface area contributed by atoms with E-state index < -0.39 is 5.97 Å². The molecular formula is C21H17ClN2O3. The minimum Gasteiger partial charge on any atom is -0.452 e. The van der Waals surface area contributed by atoms with Crippen molar-refractivity contribution in [3.63, 3.8) is 0 Å². The average molecular weight is 381 g/mol. The molecule has 27 heavy (non-hydrogen) atoms. The highest BCUT2D eigenvalue weighted by Gasteiger charge is 2.24. The molecule has 0 atom stereocenters. The molecule has 0 radical (unpaired) electrons. The number of hydrogen-bond acceptors (Lipinski definition) is 4. The third-order valence-electron chi connectivity index (χ3n) is 4.36. The van der Waals surface area contributed by atoms with Gasteiger partial charge in [-0.2, -0.15) is 0 Å². The van der Waals surface area contributed by atoms with Crippen LogP contribution in [0.25, 0.3) is 22.2 Å². The van der Waals surface area contributed by atoms with Gasteiger partial charge in [0.05, 0.1) is 16.8 Å². The van der Waals surface area contributed by atoms with Gasteiger partial charge in [-0.3, -0.25) is 4.79 Å². The number of hydrogen-bond donors (Lipinski definition) is 1. The Bertz CT molecular complexity index is 1030. The second-order valence-corrected chi connectivity index (χ2v) is 6.88. The van der Waals surface area contributed by atoms with Crippen molar-refractivity contribution in [3.8, 4) is 11.3 Å². The van der Waals surface area contributed by atoms with Crippen molar-refractivity contribution < 1.29 is 14.3 Å². The van der Waals surface area contributed by atoms with E-state index in [0.717, 1.165) is 18.4 Å². The molecule has 0 unspecified atom stereocenters.